The Kier molecular flexibility index (Phi) is 6.91. The summed E-state index contributed by atoms with van der Waals surface area (Å²) in [5.74, 6) is -2.84. The van der Waals surface area contributed by atoms with Crippen LogP contribution < -0.4 is 16.2 Å². The number of para-hydroxylation sites is 2. The van der Waals surface area contributed by atoms with E-state index in [1.165, 1.54) is 30.1 Å². The molecule has 0 saturated heterocycles. The molecule has 1 aromatic heterocycles. The number of rotatable bonds is 8. The zero-order valence-electron chi connectivity index (χ0n) is 19.5. The van der Waals surface area contributed by atoms with Crippen molar-refractivity contribution >= 4 is 11.8 Å². The summed E-state index contributed by atoms with van der Waals surface area (Å²) in [6, 6.07) is 14.3. The van der Waals surface area contributed by atoms with Gasteiger partial charge in [0, 0.05) is 25.2 Å². The number of benzene rings is 3. The Morgan fingerprint density at radius 2 is 1.81 bits per heavy atom. The van der Waals surface area contributed by atoms with E-state index in [0.717, 1.165) is 22.8 Å². The van der Waals surface area contributed by atoms with Crippen molar-refractivity contribution in [2.24, 2.45) is 5.73 Å². The van der Waals surface area contributed by atoms with Crippen LogP contribution in [0.1, 0.15) is 15.9 Å². The molecule has 5 N–H and O–H groups in total. The highest BCUT2D eigenvalue weighted by atomic mass is 19.1. The van der Waals surface area contributed by atoms with Gasteiger partial charge in [-0.05, 0) is 24.3 Å². The van der Waals surface area contributed by atoms with Crippen LogP contribution in [0.15, 0.2) is 65.5 Å². The lowest BCUT2D eigenvalue weighted by atomic mass is 10.1. The van der Waals surface area contributed by atoms with Crippen LogP contribution in [0.4, 0.5) is 4.39 Å². The predicted molar refractivity (Wildman–Crippen MR) is 130 cm³/mol. The molecule has 0 atom stereocenters. The first-order valence-electron chi connectivity index (χ1n) is 10.9. The second-order valence-corrected chi connectivity index (χ2v) is 8.05. The molecule has 0 aliphatic heterocycles. The SMILES string of the molecule is CN(Cc1ccccc1OCC(N)=O)C(=O)c1cc(-c2n[nH]c(=O)n2-c2ccccc2F)c(O)cc1O. The van der Waals surface area contributed by atoms with Gasteiger partial charge >= 0.3 is 5.69 Å². The Morgan fingerprint density at radius 3 is 2.54 bits per heavy atom. The molecule has 0 bridgehead atoms. The Hall–Kier alpha value is -5.13. The van der Waals surface area contributed by atoms with Gasteiger partial charge in [-0.15, -0.1) is 0 Å². The molecular weight excluding hydrogens is 485 g/mol. The highest BCUT2D eigenvalue weighted by Crippen LogP contribution is 2.35. The molecule has 0 aliphatic rings. The molecule has 0 aliphatic carbocycles. The molecule has 4 rings (SSSR count). The Bertz CT molecular complexity index is 1550. The standard InChI is InChI=1S/C25H22FN5O6/c1-30(12-14-6-2-5-9-21(14)37-13-22(27)34)24(35)16-10-15(19(32)11-20(16)33)23-28-29-25(36)31(23)18-8-4-3-7-17(18)26/h2-11,32-33H,12-13H2,1H3,(H2,27,34)(H,29,36). The largest absolute Gasteiger partial charge is 0.507 e. The highest BCUT2D eigenvalue weighted by molar-refractivity contribution is 5.98. The summed E-state index contributed by atoms with van der Waals surface area (Å²) in [6.07, 6.45) is 0. The lowest BCUT2D eigenvalue weighted by Gasteiger charge is -2.20. The summed E-state index contributed by atoms with van der Waals surface area (Å²) < 4.78 is 20.8. The average molecular weight is 507 g/mol. The van der Waals surface area contributed by atoms with Crippen LogP contribution in [-0.2, 0) is 11.3 Å². The van der Waals surface area contributed by atoms with Crippen LogP contribution >= 0.6 is 0 Å². The zero-order chi connectivity index (χ0) is 26.7. The second kappa shape index (κ2) is 10.2. The third-order valence-corrected chi connectivity index (χ3v) is 5.45. The first kappa shape index (κ1) is 25.0. The van der Waals surface area contributed by atoms with Gasteiger partial charge in [-0.2, -0.15) is 5.10 Å². The number of carbonyl (C=O) groups is 2. The molecule has 1 heterocycles. The third-order valence-electron chi connectivity index (χ3n) is 5.45. The lowest BCUT2D eigenvalue weighted by Crippen LogP contribution is -2.27. The van der Waals surface area contributed by atoms with E-state index < -0.39 is 34.8 Å². The summed E-state index contributed by atoms with van der Waals surface area (Å²) in [5.41, 5.74) is 4.51. The van der Waals surface area contributed by atoms with Gasteiger partial charge in [0.05, 0.1) is 16.8 Å². The van der Waals surface area contributed by atoms with Gasteiger partial charge in [-0.25, -0.2) is 18.9 Å². The number of aromatic hydroxyl groups is 2. The van der Waals surface area contributed by atoms with Crippen LogP contribution in [0, 0.1) is 5.82 Å². The molecule has 0 radical (unpaired) electrons. The van der Waals surface area contributed by atoms with Crippen molar-refractivity contribution in [1.82, 2.24) is 19.7 Å². The van der Waals surface area contributed by atoms with Crippen molar-refractivity contribution in [2.75, 3.05) is 13.7 Å². The number of aromatic amines is 1. The molecule has 2 amide bonds. The van der Waals surface area contributed by atoms with Crippen LogP contribution in [0.3, 0.4) is 0 Å². The van der Waals surface area contributed by atoms with Gasteiger partial charge in [0.2, 0.25) is 0 Å². The fraction of sp³-hybridized carbons (Fsp3) is 0.120. The van der Waals surface area contributed by atoms with Crippen LogP contribution in [-0.4, -0.2) is 55.3 Å². The smallest absolute Gasteiger partial charge is 0.348 e. The number of amides is 2. The Balaban J connectivity index is 1.69. The fourth-order valence-electron chi connectivity index (χ4n) is 3.72. The van der Waals surface area contributed by atoms with Crippen LogP contribution in [0.5, 0.6) is 17.2 Å². The zero-order valence-corrected chi connectivity index (χ0v) is 19.5. The summed E-state index contributed by atoms with van der Waals surface area (Å²) in [5, 5.41) is 27.1. The number of phenolic OH excluding ortho intramolecular Hbond substituents is 2. The summed E-state index contributed by atoms with van der Waals surface area (Å²) in [7, 11) is 1.48. The number of hydrogen-bond donors (Lipinski definition) is 4. The van der Waals surface area contributed by atoms with E-state index in [4.69, 9.17) is 10.5 Å². The molecule has 0 unspecified atom stereocenters. The van der Waals surface area contributed by atoms with Crippen molar-refractivity contribution in [3.05, 3.63) is 88.1 Å². The first-order chi connectivity index (χ1) is 17.7. The number of nitrogens with two attached hydrogens (primary N) is 1. The lowest BCUT2D eigenvalue weighted by molar-refractivity contribution is -0.119. The molecule has 0 spiro atoms. The van der Waals surface area contributed by atoms with E-state index in [-0.39, 0.29) is 35.8 Å². The van der Waals surface area contributed by atoms with Gasteiger partial charge in [-0.1, -0.05) is 30.3 Å². The number of nitrogens with one attached hydrogen (secondary N) is 1. The second-order valence-electron chi connectivity index (χ2n) is 8.05. The molecule has 11 nitrogen and oxygen atoms in total. The maximum absolute atomic E-state index is 14.4. The van der Waals surface area contributed by atoms with Gasteiger partial charge in [0.1, 0.15) is 23.1 Å². The molecule has 0 fully saturated rings. The molecule has 3 aromatic carbocycles. The number of aromatic nitrogens is 3. The normalized spacial score (nSPS) is 10.8. The number of nitrogens with zero attached hydrogens (tertiary/aromatic N) is 3. The maximum Gasteiger partial charge on any atom is 0.348 e. The molecule has 0 saturated carbocycles. The maximum atomic E-state index is 14.4. The molecular formula is C25H22FN5O6. The Labute approximate surface area is 209 Å². The van der Waals surface area contributed by atoms with Crippen molar-refractivity contribution in [3.8, 4) is 34.3 Å². The summed E-state index contributed by atoms with van der Waals surface area (Å²) >= 11 is 0. The van der Waals surface area contributed by atoms with E-state index in [9.17, 15) is 29.0 Å². The minimum absolute atomic E-state index is 0.0335. The van der Waals surface area contributed by atoms with Crippen LogP contribution in [0.2, 0.25) is 0 Å². The van der Waals surface area contributed by atoms with E-state index >= 15 is 0 Å². The van der Waals surface area contributed by atoms with Crippen molar-refractivity contribution in [1.29, 1.82) is 0 Å². The third kappa shape index (κ3) is 5.12. The van der Waals surface area contributed by atoms with E-state index in [0.29, 0.717) is 11.3 Å². The van der Waals surface area contributed by atoms with Gasteiger partial charge in [0.15, 0.2) is 12.4 Å². The number of ether oxygens (including phenoxy) is 1. The minimum Gasteiger partial charge on any atom is -0.507 e. The number of primary amides is 1. The van der Waals surface area contributed by atoms with Crippen molar-refractivity contribution < 1.29 is 28.9 Å². The van der Waals surface area contributed by atoms with Crippen LogP contribution in [0.25, 0.3) is 17.1 Å². The monoisotopic (exact) mass is 507 g/mol. The highest BCUT2D eigenvalue weighted by Gasteiger charge is 2.24. The van der Waals surface area contributed by atoms with Gasteiger partial charge in [0.25, 0.3) is 11.8 Å². The number of hydrogen-bond acceptors (Lipinski definition) is 7. The minimum atomic E-state index is -0.773. The predicted octanol–water partition coefficient (Wildman–Crippen LogP) is 1.91. The van der Waals surface area contributed by atoms with Gasteiger partial charge in [-0.3, -0.25) is 9.59 Å². The topological polar surface area (TPSA) is 164 Å². The summed E-state index contributed by atoms with van der Waals surface area (Å²) in [4.78, 5) is 38.1. The van der Waals surface area contributed by atoms with E-state index in [1.54, 1.807) is 24.3 Å². The van der Waals surface area contributed by atoms with Crippen molar-refractivity contribution in [3.63, 3.8) is 0 Å². The number of carbonyl (C=O) groups excluding carboxylic acids is 2. The molecule has 4 aromatic rings. The summed E-state index contributed by atoms with van der Waals surface area (Å²) in [6.45, 7) is -0.310. The quantitative estimate of drug-likeness (QED) is 0.283. The molecule has 12 heteroatoms. The number of H-pyrrole nitrogens is 1. The average Bonchev–Trinajstić information content (AvgIpc) is 3.24. The van der Waals surface area contributed by atoms with Gasteiger partial charge < -0.3 is 25.6 Å². The Morgan fingerprint density at radius 1 is 1.11 bits per heavy atom. The first-order valence-corrected chi connectivity index (χ1v) is 10.9. The van der Waals surface area contributed by atoms with E-state index in [2.05, 4.69) is 10.2 Å². The number of halogens is 1. The molecule has 37 heavy (non-hydrogen) atoms. The van der Waals surface area contributed by atoms with Crippen molar-refractivity contribution in [2.45, 2.75) is 6.54 Å². The van der Waals surface area contributed by atoms with E-state index in [1.807, 2.05) is 0 Å². The molecule has 190 valence electrons. The number of phenols is 2. The fourth-order valence-corrected chi connectivity index (χ4v) is 3.72.